The van der Waals surface area contributed by atoms with Crippen LogP contribution < -0.4 is 11.3 Å². The second-order valence-electron chi connectivity index (χ2n) is 4.79. The molecule has 7 heteroatoms. The SMILES string of the molecule is CCc1cc(C(Cc2cn3ccsc3n2)NN)n(C)n1. The summed E-state index contributed by atoms with van der Waals surface area (Å²) in [5, 5.41) is 6.50. The van der Waals surface area contributed by atoms with Crippen molar-refractivity contribution in [3.8, 4) is 0 Å². The van der Waals surface area contributed by atoms with Crippen molar-refractivity contribution in [1.29, 1.82) is 0 Å². The first kappa shape index (κ1) is 13.3. The summed E-state index contributed by atoms with van der Waals surface area (Å²) in [4.78, 5) is 5.61. The molecule has 0 aliphatic carbocycles. The number of rotatable bonds is 5. The highest BCUT2D eigenvalue weighted by Crippen LogP contribution is 2.20. The van der Waals surface area contributed by atoms with Gasteiger partial charge >= 0.3 is 0 Å². The van der Waals surface area contributed by atoms with Crippen molar-refractivity contribution < 1.29 is 0 Å². The molecule has 3 N–H and O–H groups in total. The molecule has 6 nitrogen and oxygen atoms in total. The van der Waals surface area contributed by atoms with E-state index >= 15 is 0 Å². The Morgan fingerprint density at radius 2 is 2.30 bits per heavy atom. The first-order valence-corrected chi connectivity index (χ1v) is 7.49. The van der Waals surface area contributed by atoms with Crippen LogP contribution in [-0.2, 0) is 19.9 Å². The van der Waals surface area contributed by atoms with Crippen LogP contribution in [0.2, 0.25) is 0 Å². The van der Waals surface area contributed by atoms with Crippen molar-refractivity contribution in [2.45, 2.75) is 25.8 Å². The molecule has 0 bridgehead atoms. The Morgan fingerprint density at radius 1 is 1.45 bits per heavy atom. The van der Waals surface area contributed by atoms with Crippen molar-refractivity contribution in [3.05, 3.63) is 40.9 Å². The highest BCUT2D eigenvalue weighted by molar-refractivity contribution is 7.15. The van der Waals surface area contributed by atoms with Crippen molar-refractivity contribution in [2.24, 2.45) is 12.9 Å². The first-order valence-electron chi connectivity index (χ1n) is 6.61. The van der Waals surface area contributed by atoms with Gasteiger partial charge in [-0.15, -0.1) is 11.3 Å². The normalized spacial score (nSPS) is 13.2. The molecule has 20 heavy (non-hydrogen) atoms. The molecule has 0 amide bonds. The van der Waals surface area contributed by atoms with E-state index in [4.69, 9.17) is 5.84 Å². The zero-order valence-electron chi connectivity index (χ0n) is 11.6. The Bertz CT molecular complexity index is 681. The van der Waals surface area contributed by atoms with E-state index in [-0.39, 0.29) is 6.04 Å². The van der Waals surface area contributed by atoms with Crippen molar-refractivity contribution >= 4 is 16.3 Å². The standard InChI is InChI=1S/C13H18N6S/c1-3-9-7-12(18(2)17-9)11(16-14)6-10-8-19-4-5-20-13(19)15-10/h4-5,7-8,11,16H,3,6,14H2,1-2H3. The molecular formula is C13H18N6S. The summed E-state index contributed by atoms with van der Waals surface area (Å²) in [6, 6.07) is 2.11. The second-order valence-corrected chi connectivity index (χ2v) is 5.66. The molecule has 0 saturated heterocycles. The molecule has 1 atom stereocenters. The summed E-state index contributed by atoms with van der Waals surface area (Å²) in [7, 11) is 1.95. The van der Waals surface area contributed by atoms with Crippen LogP contribution in [0.25, 0.3) is 4.96 Å². The fourth-order valence-corrected chi connectivity index (χ4v) is 3.09. The van der Waals surface area contributed by atoms with E-state index in [2.05, 4.69) is 28.5 Å². The van der Waals surface area contributed by atoms with Crippen LogP contribution in [0.15, 0.2) is 23.8 Å². The van der Waals surface area contributed by atoms with Gasteiger partial charge in [-0.2, -0.15) is 5.10 Å². The highest BCUT2D eigenvalue weighted by Gasteiger charge is 2.17. The van der Waals surface area contributed by atoms with Crippen LogP contribution in [0.4, 0.5) is 0 Å². The van der Waals surface area contributed by atoms with Crippen LogP contribution in [0.3, 0.4) is 0 Å². The van der Waals surface area contributed by atoms with Gasteiger partial charge in [-0.3, -0.25) is 20.4 Å². The lowest BCUT2D eigenvalue weighted by Crippen LogP contribution is -2.31. The van der Waals surface area contributed by atoms with Gasteiger partial charge in [-0.25, -0.2) is 4.98 Å². The van der Waals surface area contributed by atoms with Crippen LogP contribution in [0, 0.1) is 0 Å². The minimum Gasteiger partial charge on any atom is -0.297 e. The predicted molar refractivity (Wildman–Crippen MR) is 79.4 cm³/mol. The number of aromatic nitrogens is 4. The summed E-state index contributed by atoms with van der Waals surface area (Å²) in [6.07, 6.45) is 5.73. The van der Waals surface area contributed by atoms with Gasteiger partial charge in [0, 0.05) is 31.2 Å². The minimum atomic E-state index is 0.0115. The first-order chi connectivity index (χ1) is 9.71. The van der Waals surface area contributed by atoms with Gasteiger partial charge in [0.05, 0.1) is 23.1 Å². The third-order valence-corrected chi connectivity index (χ3v) is 4.21. The quantitative estimate of drug-likeness (QED) is 0.551. The molecule has 3 rings (SSSR count). The molecule has 0 radical (unpaired) electrons. The summed E-state index contributed by atoms with van der Waals surface area (Å²) in [5.41, 5.74) is 6.06. The Morgan fingerprint density at radius 3 is 2.95 bits per heavy atom. The maximum atomic E-state index is 5.72. The molecule has 3 aromatic heterocycles. The number of hydrazine groups is 1. The second kappa shape index (κ2) is 5.35. The summed E-state index contributed by atoms with van der Waals surface area (Å²) < 4.78 is 3.93. The van der Waals surface area contributed by atoms with Crippen molar-refractivity contribution in [1.82, 2.24) is 24.6 Å². The molecule has 0 aliphatic rings. The van der Waals surface area contributed by atoms with Crippen molar-refractivity contribution in [3.63, 3.8) is 0 Å². The monoisotopic (exact) mass is 290 g/mol. The fraction of sp³-hybridized carbons (Fsp3) is 0.385. The number of nitrogens with one attached hydrogen (secondary N) is 1. The molecule has 0 aromatic carbocycles. The number of hydrogen-bond donors (Lipinski definition) is 2. The van der Waals surface area contributed by atoms with Gasteiger partial charge in [-0.05, 0) is 12.5 Å². The topological polar surface area (TPSA) is 73.2 Å². The van der Waals surface area contributed by atoms with E-state index in [1.807, 2.05) is 33.9 Å². The minimum absolute atomic E-state index is 0.0115. The molecule has 1 unspecified atom stereocenters. The lowest BCUT2D eigenvalue weighted by Gasteiger charge is -2.14. The summed E-state index contributed by atoms with van der Waals surface area (Å²) in [6.45, 7) is 2.10. The van der Waals surface area contributed by atoms with Gasteiger partial charge in [0.1, 0.15) is 0 Å². The third-order valence-electron chi connectivity index (χ3n) is 3.44. The van der Waals surface area contributed by atoms with Crippen molar-refractivity contribution in [2.75, 3.05) is 0 Å². The Kier molecular flexibility index (Phi) is 3.56. The summed E-state index contributed by atoms with van der Waals surface area (Å²) in [5.74, 6) is 5.72. The van der Waals surface area contributed by atoms with Crippen LogP contribution in [0.1, 0.15) is 30.0 Å². The van der Waals surface area contributed by atoms with Crippen LogP contribution in [0.5, 0.6) is 0 Å². The van der Waals surface area contributed by atoms with Gasteiger partial charge in [0.15, 0.2) is 4.96 Å². The average Bonchev–Trinajstić information content (AvgIpc) is 3.10. The molecule has 0 fully saturated rings. The zero-order valence-corrected chi connectivity index (χ0v) is 12.4. The average molecular weight is 290 g/mol. The maximum absolute atomic E-state index is 5.72. The fourth-order valence-electron chi connectivity index (χ4n) is 2.37. The Hall–Kier alpha value is -1.70. The third kappa shape index (κ3) is 2.35. The van der Waals surface area contributed by atoms with E-state index in [0.29, 0.717) is 0 Å². The largest absolute Gasteiger partial charge is 0.297 e. The molecule has 3 heterocycles. The summed E-state index contributed by atoms with van der Waals surface area (Å²) >= 11 is 1.63. The van der Waals surface area contributed by atoms with E-state index in [1.165, 1.54) is 0 Å². The lowest BCUT2D eigenvalue weighted by molar-refractivity contribution is 0.504. The van der Waals surface area contributed by atoms with Gasteiger partial charge in [-0.1, -0.05) is 6.92 Å². The van der Waals surface area contributed by atoms with Gasteiger partial charge in [0.2, 0.25) is 0 Å². The number of nitrogens with two attached hydrogens (primary N) is 1. The van der Waals surface area contributed by atoms with Crippen LogP contribution in [-0.4, -0.2) is 19.2 Å². The Balaban J connectivity index is 1.85. The molecule has 106 valence electrons. The van der Waals surface area contributed by atoms with E-state index in [0.717, 1.165) is 34.9 Å². The molecule has 3 aromatic rings. The van der Waals surface area contributed by atoms with E-state index < -0.39 is 0 Å². The Labute approximate surface area is 121 Å². The molecule has 0 spiro atoms. The molecule has 0 saturated carbocycles. The van der Waals surface area contributed by atoms with E-state index in [9.17, 15) is 0 Å². The maximum Gasteiger partial charge on any atom is 0.193 e. The smallest absolute Gasteiger partial charge is 0.193 e. The molecular weight excluding hydrogens is 272 g/mol. The van der Waals surface area contributed by atoms with E-state index in [1.54, 1.807) is 11.3 Å². The molecule has 0 aliphatic heterocycles. The number of nitrogens with zero attached hydrogens (tertiary/aromatic N) is 4. The number of aryl methyl sites for hydroxylation is 2. The predicted octanol–water partition coefficient (Wildman–Crippen LogP) is 1.44. The zero-order chi connectivity index (χ0) is 14.1. The lowest BCUT2D eigenvalue weighted by atomic mass is 10.1. The number of hydrogen-bond acceptors (Lipinski definition) is 5. The van der Waals surface area contributed by atoms with Crippen LogP contribution >= 0.6 is 11.3 Å². The highest BCUT2D eigenvalue weighted by atomic mass is 32.1. The van der Waals surface area contributed by atoms with Gasteiger partial charge < -0.3 is 0 Å². The number of imidazole rings is 1. The number of fused-ring (bicyclic) bond motifs is 1. The number of thiazole rings is 1. The van der Waals surface area contributed by atoms with Gasteiger partial charge in [0.25, 0.3) is 0 Å².